The maximum atomic E-state index is 9.61. The maximum Gasteiger partial charge on any atom is 0.134 e. The minimum atomic E-state index is -0.216. The van der Waals surface area contributed by atoms with Crippen LogP contribution in [0.1, 0.15) is 18.5 Å². The summed E-state index contributed by atoms with van der Waals surface area (Å²) < 4.78 is 5.64. The molecule has 0 aliphatic heterocycles. The summed E-state index contributed by atoms with van der Waals surface area (Å²) in [6.07, 6.45) is 0. The molecule has 1 aromatic rings. The summed E-state index contributed by atoms with van der Waals surface area (Å²) >= 11 is 3.22. The number of methoxy groups -OCH3 is 1. The minimum absolute atomic E-state index is 0.177. The van der Waals surface area contributed by atoms with E-state index in [4.69, 9.17) is 10.5 Å². The molecular weight excluding hydrogens is 234 g/mol. The van der Waals surface area contributed by atoms with Crippen molar-refractivity contribution in [2.24, 2.45) is 5.73 Å². The van der Waals surface area contributed by atoms with Gasteiger partial charge in [-0.25, -0.2) is 0 Å². The zero-order chi connectivity index (χ0) is 10.0. The van der Waals surface area contributed by atoms with Gasteiger partial charge in [0.2, 0.25) is 0 Å². The Kier molecular flexibility index (Phi) is 3.17. The molecule has 4 heteroatoms. The molecule has 0 radical (unpaired) electrons. The number of hydrogen-bond acceptors (Lipinski definition) is 3. The van der Waals surface area contributed by atoms with Gasteiger partial charge in [0.15, 0.2) is 0 Å². The van der Waals surface area contributed by atoms with Crippen LogP contribution in [-0.4, -0.2) is 12.2 Å². The molecule has 0 aliphatic rings. The number of phenols is 1. The van der Waals surface area contributed by atoms with Gasteiger partial charge in [0.05, 0.1) is 11.6 Å². The smallest absolute Gasteiger partial charge is 0.134 e. The average molecular weight is 246 g/mol. The average Bonchev–Trinajstić information content (AvgIpc) is 2.09. The van der Waals surface area contributed by atoms with E-state index in [2.05, 4.69) is 15.9 Å². The Balaban J connectivity index is 3.25. The van der Waals surface area contributed by atoms with E-state index in [0.29, 0.717) is 15.8 Å². The fraction of sp³-hybridized carbons (Fsp3) is 0.333. The van der Waals surface area contributed by atoms with Gasteiger partial charge in [-0.3, -0.25) is 0 Å². The Bertz CT molecular complexity index is 313. The Labute approximate surface area is 85.6 Å². The number of benzene rings is 1. The summed E-state index contributed by atoms with van der Waals surface area (Å²) in [5.41, 5.74) is 6.34. The topological polar surface area (TPSA) is 55.5 Å². The van der Waals surface area contributed by atoms with Crippen LogP contribution in [-0.2, 0) is 0 Å². The summed E-state index contributed by atoms with van der Waals surface area (Å²) in [7, 11) is 1.57. The third-order valence-corrected chi connectivity index (χ3v) is 2.40. The van der Waals surface area contributed by atoms with Crippen molar-refractivity contribution in [3.8, 4) is 11.5 Å². The lowest BCUT2D eigenvalue weighted by Gasteiger charge is -2.11. The molecule has 3 nitrogen and oxygen atoms in total. The summed E-state index contributed by atoms with van der Waals surface area (Å²) in [6.45, 7) is 1.81. The second-order valence-electron chi connectivity index (χ2n) is 2.84. The van der Waals surface area contributed by atoms with Crippen molar-refractivity contribution >= 4 is 15.9 Å². The molecule has 13 heavy (non-hydrogen) atoms. The zero-order valence-corrected chi connectivity index (χ0v) is 9.13. The lowest BCUT2D eigenvalue weighted by atomic mass is 10.1. The normalized spacial score (nSPS) is 12.6. The summed E-state index contributed by atoms with van der Waals surface area (Å²) in [5, 5.41) is 9.61. The predicted octanol–water partition coefficient (Wildman–Crippen LogP) is 2.18. The number of nitrogens with two attached hydrogens (primary N) is 1. The zero-order valence-electron chi connectivity index (χ0n) is 7.54. The molecule has 0 aliphatic carbocycles. The second-order valence-corrected chi connectivity index (χ2v) is 3.69. The van der Waals surface area contributed by atoms with E-state index in [1.165, 1.54) is 0 Å². The summed E-state index contributed by atoms with van der Waals surface area (Å²) in [5.74, 6) is 0.854. The van der Waals surface area contributed by atoms with E-state index in [1.54, 1.807) is 26.2 Å². The van der Waals surface area contributed by atoms with Gasteiger partial charge in [0, 0.05) is 11.6 Å². The van der Waals surface area contributed by atoms with Crippen LogP contribution in [0.15, 0.2) is 16.6 Å². The Morgan fingerprint density at radius 2 is 2.15 bits per heavy atom. The highest BCUT2D eigenvalue weighted by Crippen LogP contribution is 2.35. The first-order chi connectivity index (χ1) is 6.06. The Morgan fingerprint density at radius 1 is 1.54 bits per heavy atom. The third-order valence-electron chi connectivity index (χ3n) is 1.79. The van der Waals surface area contributed by atoms with Gasteiger partial charge < -0.3 is 15.6 Å². The first-order valence-electron chi connectivity index (χ1n) is 3.88. The van der Waals surface area contributed by atoms with E-state index in [1.807, 2.05) is 0 Å². The number of ether oxygens (including phenoxy) is 1. The van der Waals surface area contributed by atoms with Crippen molar-refractivity contribution in [1.29, 1.82) is 0 Å². The van der Waals surface area contributed by atoms with Crippen LogP contribution < -0.4 is 10.5 Å². The van der Waals surface area contributed by atoms with Gasteiger partial charge in [-0.1, -0.05) is 0 Å². The van der Waals surface area contributed by atoms with Gasteiger partial charge in [-0.2, -0.15) is 0 Å². The van der Waals surface area contributed by atoms with Crippen LogP contribution in [0.25, 0.3) is 0 Å². The van der Waals surface area contributed by atoms with Gasteiger partial charge in [-0.15, -0.1) is 0 Å². The third kappa shape index (κ3) is 2.14. The molecule has 0 fully saturated rings. The largest absolute Gasteiger partial charge is 0.506 e. The first-order valence-corrected chi connectivity index (χ1v) is 4.67. The van der Waals surface area contributed by atoms with Crippen LogP contribution in [0.3, 0.4) is 0 Å². The standard InChI is InChI=1S/C9H12BrNO2/c1-5(11)7-3-6(13-2)4-8(10)9(7)12/h3-5,12H,11H2,1-2H3/t5-/m1/s1. The predicted molar refractivity (Wildman–Crippen MR) is 55.0 cm³/mol. The quantitative estimate of drug-likeness (QED) is 0.840. The fourth-order valence-corrected chi connectivity index (χ4v) is 1.51. The molecule has 0 bridgehead atoms. The van der Waals surface area contributed by atoms with Crippen LogP contribution >= 0.6 is 15.9 Å². The molecule has 0 saturated heterocycles. The lowest BCUT2D eigenvalue weighted by Crippen LogP contribution is -2.05. The van der Waals surface area contributed by atoms with Gasteiger partial charge in [0.25, 0.3) is 0 Å². The maximum absolute atomic E-state index is 9.61. The molecule has 0 amide bonds. The van der Waals surface area contributed by atoms with Crippen LogP contribution in [0.5, 0.6) is 11.5 Å². The summed E-state index contributed by atoms with van der Waals surface area (Å²) in [6, 6.07) is 3.21. The van der Waals surface area contributed by atoms with Gasteiger partial charge in [-0.05, 0) is 35.0 Å². The molecule has 1 rings (SSSR count). The second kappa shape index (κ2) is 3.98. The molecule has 72 valence electrons. The molecule has 1 aromatic carbocycles. The molecule has 0 heterocycles. The molecular formula is C9H12BrNO2. The van der Waals surface area contributed by atoms with Crippen molar-refractivity contribution < 1.29 is 9.84 Å². The van der Waals surface area contributed by atoms with E-state index >= 15 is 0 Å². The number of rotatable bonds is 2. The van der Waals surface area contributed by atoms with Crippen LogP contribution in [0.4, 0.5) is 0 Å². The van der Waals surface area contributed by atoms with Crippen molar-refractivity contribution in [3.63, 3.8) is 0 Å². The summed E-state index contributed by atoms with van der Waals surface area (Å²) in [4.78, 5) is 0. The highest BCUT2D eigenvalue weighted by atomic mass is 79.9. The van der Waals surface area contributed by atoms with Crippen molar-refractivity contribution in [2.45, 2.75) is 13.0 Å². The number of halogens is 1. The monoisotopic (exact) mass is 245 g/mol. The van der Waals surface area contributed by atoms with E-state index in [9.17, 15) is 5.11 Å². The molecule has 0 spiro atoms. The van der Waals surface area contributed by atoms with Crippen molar-refractivity contribution in [1.82, 2.24) is 0 Å². The van der Waals surface area contributed by atoms with E-state index in [-0.39, 0.29) is 11.8 Å². The van der Waals surface area contributed by atoms with Gasteiger partial charge in [0.1, 0.15) is 11.5 Å². The van der Waals surface area contributed by atoms with E-state index in [0.717, 1.165) is 0 Å². The molecule has 3 N–H and O–H groups in total. The fourth-order valence-electron chi connectivity index (χ4n) is 1.06. The van der Waals surface area contributed by atoms with Crippen LogP contribution in [0.2, 0.25) is 0 Å². The van der Waals surface area contributed by atoms with Crippen LogP contribution in [0, 0.1) is 0 Å². The Morgan fingerprint density at radius 3 is 2.62 bits per heavy atom. The van der Waals surface area contributed by atoms with Gasteiger partial charge >= 0.3 is 0 Å². The molecule has 0 aromatic heterocycles. The number of aromatic hydroxyl groups is 1. The lowest BCUT2D eigenvalue weighted by molar-refractivity contribution is 0.409. The number of hydrogen-bond donors (Lipinski definition) is 2. The molecule has 0 unspecified atom stereocenters. The highest BCUT2D eigenvalue weighted by Gasteiger charge is 2.11. The minimum Gasteiger partial charge on any atom is -0.506 e. The van der Waals surface area contributed by atoms with Crippen molar-refractivity contribution in [2.75, 3.05) is 7.11 Å². The molecule has 1 atom stereocenters. The SMILES string of the molecule is COc1cc(Br)c(O)c([C@@H](C)N)c1. The van der Waals surface area contributed by atoms with Crippen molar-refractivity contribution in [3.05, 3.63) is 22.2 Å². The number of phenolic OH excluding ortho intramolecular Hbond substituents is 1. The highest BCUT2D eigenvalue weighted by molar-refractivity contribution is 9.10. The first kappa shape index (κ1) is 10.3. The molecule has 0 saturated carbocycles. The van der Waals surface area contributed by atoms with E-state index < -0.39 is 0 Å². The Hall–Kier alpha value is -0.740.